The molecule has 0 saturated heterocycles. The van der Waals surface area contributed by atoms with Gasteiger partial charge in [0.1, 0.15) is 12.1 Å². The first kappa shape index (κ1) is 23.3. The first-order valence-corrected chi connectivity index (χ1v) is 8.08. The van der Waals surface area contributed by atoms with E-state index in [-0.39, 0.29) is 18.8 Å². The smallest absolute Gasteiger partial charge is 0.326 e. The first-order chi connectivity index (χ1) is 12.0. The lowest BCUT2D eigenvalue weighted by molar-refractivity contribution is -0.147. The van der Waals surface area contributed by atoms with Gasteiger partial charge in [0, 0.05) is 6.42 Å². The van der Waals surface area contributed by atoms with Crippen LogP contribution in [-0.4, -0.2) is 58.0 Å². The van der Waals surface area contributed by atoms with Crippen molar-refractivity contribution in [2.24, 2.45) is 17.4 Å². The Morgan fingerprint density at radius 3 is 1.96 bits per heavy atom. The summed E-state index contributed by atoms with van der Waals surface area (Å²) in [5.41, 5.74) is 10.8. The van der Waals surface area contributed by atoms with Crippen molar-refractivity contribution in [1.82, 2.24) is 10.6 Å². The van der Waals surface area contributed by atoms with Gasteiger partial charge in [-0.15, -0.1) is 0 Å². The Balaban J connectivity index is 5.17. The van der Waals surface area contributed by atoms with Crippen molar-refractivity contribution in [1.29, 1.82) is 0 Å². The molecule has 0 fully saturated rings. The number of aliphatic carboxylic acids is 2. The van der Waals surface area contributed by atoms with Crippen LogP contribution in [0.4, 0.5) is 0 Å². The van der Waals surface area contributed by atoms with Crippen LogP contribution in [-0.2, 0) is 24.0 Å². The Bertz CT molecular complexity index is 552. The number of primary amides is 1. The molecule has 4 atom stereocenters. The second-order valence-corrected chi connectivity index (χ2v) is 5.97. The van der Waals surface area contributed by atoms with Gasteiger partial charge in [0.05, 0.1) is 12.5 Å². The summed E-state index contributed by atoms with van der Waals surface area (Å²) in [6.07, 6.45) is -0.649. The van der Waals surface area contributed by atoms with E-state index in [1.807, 2.05) is 12.2 Å². The van der Waals surface area contributed by atoms with Gasteiger partial charge in [-0.1, -0.05) is 20.3 Å². The quantitative estimate of drug-likeness (QED) is 0.228. The van der Waals surface area contributed by atoms with Gasteiger partial charge in [-0.3, -0.25) is 19.2 Å². The number of amides is 3. The van der Waals surface area contributed by atoms with Gasteiger partial charge in [-0.2, -0.15) is 0 Å². The average Bonchev–Trinajstić information content (AvgIpc) is 2.55. The topological polar surface area (TPSA) is 202 Å². The van der Waals surface area contributed by atoms with Gasteiger partial charge in [-0.05, 0) is 12.3 Å². The van der Waals surface area contributed by atoms with Gasteiger partial charge in [0.15, 0.2) is 0 Å². The van der Waals surface area contributed by atoms with Crippen LogP contribution in [0.1, 0.15) is 39.5 Å². The molecule has 4 unspecified atom stereocenters. The van der Waals surface area contributed by atoms with Crippen LogP contribution in [0.5, 0.6) is 0 Å². The minimum Gasteiger partial charge on any atom is -0.481 e. The number of carbonyl (C=O) groups excluding carboxylic acids is 3. The highest BCUT2D eigenvalue weighted by Gasteiger charge is 2.30. The third kappa shape index (κ3) is 8.42. The van der Waals surface area contributed by atoms with E-state index in [1.165, 1.54) is 0 Å². The Kier molecular flexibility index (Phi) is 9.89. The molecule has 0 aromatic heterocycles. The fourth-order valence-electron chi connectivity index (χ4n) is 1.98. The summed E-state index contributed by atoms with van der Waals surface area (Å²) in [5, 5.41) is 22.1. The van der Waals surface area contributed by atoms with Crippen molar-refractivity contribution < 1.29 is 34.2 Å². The molecule has 0 spiro atoms. The van der Waals surface area contributed by atoms with Crippen molar-refractivity contribution in [3.63, 3.8) is 0 Å². The molecule has 0 rings (SSSR count). The van der Waals surface area contributed by atoms with Gasteiger partial charge < -0.3 is 32.3 Å². The van der Waals surface area contributed by atoms with Gasteiger partial charge in [-0.25, -0.2) is 4.79 Å². The van der Waals surface area contributed by atoms with Crippen LogP contribution < -0.4 is 22.1 Å². The molecular weight excluding hydrogens is 348 g/mol. The molecule has 26 heavy (non-hydrogen) atoms. The number of hydrogen-bond donors (Lipinski definition) is 6. The predicted molar refractivity (Wildman–Crippen MR) is 89.6 cm³/mol. The maximum Gasteiger partial charge on any atom is 0.326 e. The molecule has 0 radical (unpaired) electrons. The molecule has 0 aromatic carbocycles. The molecular formula is C15H26N4O7. The highest BCUT2D eigenvalue weighted by atomic mass is 16.4. The standard InChI is InChI=1S/C15H26N4O7/c1-3-7(2)12(17)14(24)18-8(4-5-10(16)20)13(23)19-9(15(25)26)6-11(21)22/h7-9,12H,3-6,17H2,1-2H3,(H2,16,20)(H,18,24)(H,19,23)(H,21,22)(H,25,26). The van der Waals surface area contributed by atoms with Crippen molar-refractivity contribution in [3.05, 3.63) is 0 Å². The van der Waals surface area contributed by atoms with Crippen LogP contribution >= 0.6 is 0 Å². The van der Waals surface area contributed by atoms with Crippen LogP contribution in [0, 0.1) is 5.92 Å². The van der Waals surface area contributed by atoms with Crippen molar-refractivity contribution in [2.45, 2.75) is 57.7 Å². The summed E-state index contributed by atoms with van der Waals surface area (Å²) in [5.74, 6) is -5.44. The summed E-state index contributed by atoms with van der Waals surface area (Å²) in [6, 6.07) is -3.87. The molecule has 0 heterocycles. The lowest BCUT2D eigenvalue weighted by Crippen LogP contribution is -2.55. The largest absolute Gasteiger partial charge is 0.481 e. The Hall–Kier alpha value is -2.69. The van der Waals surface area contributed by atoms with Gasteiger partial charge >= 0.3 is 11.9 Å². The van der Waals surface area contributed by atoms with Crippen molar-refractivity contribution in [3.8, 4) is 0 Å². The number of rotatable bonds is 12. The minimum absolute atomic E-state index is 0.173. The summed E-state index contributed by atoms with van der Waals surface area (Å²) in [6.45, 7) is 3.58. The van der Waals surface area contributed by atoms with Gasteiger partial charge in [0.25, 0.3) is 0 Å². The fourth-order valence-corrected chi connectivity index (χ4v) is 1.98. The van der Waals surface area contributed by atoms with Crippen LogP contribution in [0.2, 0.25) is 0 Å². The molecule has 0 aliphatic heterocycles. The van der Waals surface area contributed by atoms with Gasteiger partial charge in [0.2, 0.25) is 17.7 Å². The summed E-state index contributed by atoms with van der Waals surface area (Å²) in [7, 11) is 0. The molecule has 3 amide bonds. The Morgan fingerprint density at radius 1 is 1.00 bits per heavy atom. The molecule has 8 N–H and O–H groups in total. The highest BCUT2D eigenvalue weighted by molar-refractivity contribution is 5.93. The fraction of sp³-hybridized carbons (Fsp3) is 0.667. The number of carboxylic acid groups (broad SMARTS) is 2. The monoisotopic (exact) mass is 374 g/mol. The number of carbonyl (C=O) groups is 5. The zero-order chi connectivity index (χ0) is 20.4. The summed E-state index contributed by atoms with van der Waals surface area (Å²) >= 11 is 0. The first-order valence-electron chi connectivity index (χ1n) is 8.08. The van der Waals surface area contributed by atoms with E-state index in [1.54, 1.807) is 6.92 Å². The Morgan fingerprint density at radius 2 is 1.54 bits per heavy atom. The van der Waals surface area contributed by atoms with E-state index >= 15 is 0 Å². The van der Waals surface area contributed by atoms with Crippen LogP contribution in [0.15, 0.2) is 0 Å². The molecule has 0 bridgehead atoms. The Labute approximate surface area is 150 Å². The molecule has 148 valence electrons. The normalized spacial score (nSPS) is 15.2. The SMILES string of the molecule is CCC(C)C(N)C(=O)NC(CCC(N)=O)C(=O)NC(CC(=O)O)C(=O)O. The third-order valence-corrected chi connectivity index (χ3v) is 3.87. The van der Waals surface area contributed by atoms with Crippen LogP contribution in [0.3, 0.4) is 0 Å². The van der Waals surface area contributed by atoms with E-state index in [0.29, 0.717) is 6.42 Å². The summed E-state index contributed by atoms with van der Waals surface area (Å²) in [4.78, 5) is 57.1. The van der Waals surface area contributed by atoms with Crippen LogP contribution in [0.25, 0.3) is 0 Å². The van der Waals surface area contributed by atoms with E-state index in [4.69, 9.17) is 21.7 Å². The second-order valence-electron chi connectivity index (χ2n) is 5.97. The zero-order valence-electron chi connectivity index (χ0n) is 14.7. The number of nitrogens with one attached hydrogen (secondary N) is 2. The zero-order valence-corrected chi connectivity index (χ0v) is 14.7. The van der Waals surface area contributed by atoms with E-state index in [9.17, 15) is 24.0 Å². The lowest BCUT2D eigenvalue weighted by Gasteiger charge is -2.24. The number of carboxylic acids is 2. The third-order valence-electron chi connectivity index (χ3n) is 3.87. The number of hydrogen-bond acceptors (Lipinski definition) is 6. The molecule has 0 aliphatic rings. The van der Waals surface area contributed by atoms with E-state index < -0.39 is 54.2 Å². The predicted octanol–water partition coefficient (Wildman–Crippen LogP) is -1.85. The second kappa shape index (κ2) is 11.0. The summed E-state index contributed by atoms with van der Waals surface area (Å²) < 4.78 is 0. The number of nitrogens with two attached hydrogens (primary N) is 2. The molecule has 0 saturated carbocycles. The highest BCUT2D eigenvalue weighted by Crippen LogP contribution is 2.07. The van der Waals surface area contributed by atoms with E-state index in [0.717, 1.165) is 0 Å². The maximum atomic E-state index is 12.3. The molecule has 11 nitrogen and oxygen atoms in total. The average molecular weight is 374 g/mol. The molecule has 0 aliphatic carbocycles. The van der Waals surface area contributed by atoms with Crippen molar-refractivity contribution in [2.75, 3.05) is 0 Å². The molecule has 0 aromatic rings. The lowest BCUT2D eigenvalue weighted by atomic mass is 9.98. The maximum absolute atomic E-state index is 12.3. The van der Waals surface area contributed by atoms with Crippen molar-refractivity contribution >= 4 is 29.7 Å². The molecule has 11 heteroatoms. The minimum atomic E-state index is -1.68. The van der Waals surface area contributed by atoms with E-state index in [2.05, 4.69) is 5.32 Å².